The second-order valence-electron chi connectivity index (χ2n) is 5.19. The molecule has 2 aromatic rings. The minimum absolute atomic E-state index is 0.783. The molecule has 0 amide bonds. The molecule has 2 aromatic carbocycles. The van der Waals surface area contributed by atoms with Gasteiger partial charge in [-0.2, -0.15) is 0 Å². The third kappa shape index (κ3) is 3.19. The Morgan fingerprint density at radius 1 is 0.905 bits per heavy atom. The predicted octanol–water partition coefficient (Wildman–Crippen LogP) is 3.71. The highest BCUT2D eigenvalue weighted by atomic mass is 16.5. The van der Waals surface area contributed by atoms with Crippen molar-refractivity contribution in [2.24, 2.45) is 0 Å². The summed E-state index contributed by atoms with van der Waals surface area (Å²) in [5, 5.41) is 3.18. The van der Waals surface area contributed by atoms with Crippen LogP contribution in [0.4, 0.5) is 0 Å². The topological polar surface area (TPSA) is 30.5 Å². The lowest BCUT2D eigenvalue weighted by atomic mass is 9.96. The van der Waals surface area contributed by atoms with Crippen molar-refractivity contribution in [2.45, 2.75) is 20.4 Å². The molecular formula is C18H23NO2. The summed E-state index contributed by atoms with van der Waals surface area (Å²) in [7, 11) is 5.35. The zero-order chi connectivity index (χ0) is 15.4. The number of aryl methyl sites for hydroxylation is 2. The summed E-state index contributed by atoms with van der Waals surface area (Å²) in [5.41, 5.74) is 5.94. The van der Waals surface area contributed by atoms with Gasteiger partial charge in [0.25, 0.3) is 0 Å². The van der Waals surface area contributed by atoms with E-state index in [4.69, 9.17) is 9.47 Å². The minimum atomic E-state index is 0.783. The average molecular weight is 285 g/mol. The van der Waals surface area contributed by atoms with Crippen LogP contribution in [0.2, 0.25) is 0 Å². The Morgan fingerprint density at radius 2 is 1.62 bits per heavy atom. The van der Waals surface area contributed by atoms with E-state index in [2.05, 4.69) is 43.4 Å². The van der Waals surface area contributed by atoms with Crippen LogP contribution < -0.4 is 14.8 Å². The molecule has 0 radical (unpaired) electrons. The normalized spacial score (nSPS) is 10.5. The Kier molecular flexibility index (Phi) is 4.86. The summed E-state index contributed by atoms with van der Waals surface area (Å²) in [6.45, 7) is 4.96. The lowest BCUT2D eigenvalue weighted by Gasteiger charge is -2.14. The highest BCUT2D eigenvalue weighted by molar-refractivity contribution is 5.71. The molecule has 0 aliphatic rings. The zero-order valence-electron chi connectivity index (χ0n) is 13.4. The van der Waals surface area contributed by atoms with Crippen molar-refractivity contribution in [2.75, 3.05) is 21.3 Å². The monoisotopic (exact) mass is 285 g/mol. The second-order valence-corrected chi connectivity index (χ2v) is 5.19. The number of ether oxygens (including phenoxy) is 2. The second kappa shape index (κ2) is 6.64. The standard InChI is InChI=1S/C18H23NO2/c1-12-9-18(21-5)13(2)8-16(12)14-6-7-17(20-4)15(10-14)11-19-3/h6-10,19H,11H2,1-5H3. The molecule has 0 aromatic heterocycles. The third-order valence-corrected chi connectivity index (χ3v) is 3.70. The van der Waals surface area contributed by atoms with Crippen LogP contribution in [0, 0.1) is 13.8 Å². The van der Waals surface area contributed by atoms with Gasteiger partial charge >= 0.3 is 0 Å². The zero-order valence-corrected chi connectivity index (χ0v) is 13.4. The van der Waals surface area contributed by atoms with Gasteiger partial charge in [0, 0.05) is 12.1 Å². The SMILES string of the molecule is CNCc1cc(-c2cc(C)c(OC)cc2C)ccc1OC. The fourth-order valence-corrected chi connectivity index (χ4v) is 2.60. The Morgan fingerprint density at radius 3 is 2.24 bits per heavy atom. The maximum Gasteiger partial charge on any atom is 0.123 e. The predicted molar refractivity (Wildman–Crippen MR) is 87.2 cm³/mol. The summed E-state index contributed by atoms with van der Waals surface area (Å²) in [6.07, 6.45) is 0. The number of hydrogen-bond acceptors (Lipinski definition) is 3. The number of hydrogen-bond donors (Lipinski definition) is 1. The first-order valence-electron chi connectivity index (χ1n) is 7.07. The number of benzene rings is 2. The van der Waals surface area contributed by atoms with E-state index in [1.165, 1.54) is 16.7 Å². The van der Waals surface area contributed by atoms with Crippen molar-refractivity contribution in [1.29, 1.82) is 0 Å². The summed E-state index contributed by atoms with van der Waals surface area (Å²) in [5.74, 6) is 1.84. The van der Waals surface area contributed by atoms with Gasteiger partial charge in [-0.25, -0.2) is 0 Å². The lowest BCUT2D eigenvalue weighted by molar-refractivity contribution is 0.408. The van der Waals surface area contributed by atoms with Crippen molar-refractivity contribution in [1.82, 2.24) is 5.32 Å². The molecule has 0 saturated heterocycles. The molecule has 1 N–H and O–H groups in total. The Balaban J connectivity index is 2.51. The molecule has 0 spiro atoms. The molecule has 0 heterocycles. The van der Waals surface area contributed by atoms with E-state index in [1.54, 1.807) is 14.2 Å². The van der Waals surface area contributed by atoms with Gasteiger partial charge in [0.2, 0.25) is 0 Å². The van der Waals surface area contributed by atoms with Gasteiger partial charge in [-0.05, 0) is 67.4 Å². The molecular weight excluding hydrogens is 262 g/mol. The van der Waals surface area contributed by atoms with Crippen LogP contribution in [-0.4, -0.2) is 21.3 Å². The van der Waals surface area contributed by atoms with E-state index in [1.807, 2.05) is 13.1 Å². The summed E-state index contributed by atoms with van der Waals surface area (Å²) >= 11 is 0. The summed E-state index contributed by atoms with van der Waals surface area (Å²) < 4.78 is 10.8. The fraction of sp³-hybridized carbons (Fsp3) is 0.333. The van der Waals surface area contributed by atoms with E-state index in [-0.39, 0.29) is 0 Å². The lowest BCUT2D eigenvalue weighted by Crippen LogP contribution is -2.06. The van der Waals surface area contributed by atoms with Crippen LogP contribution in [0.15, 0.2) is 30.3 Å². The molecule has 0 saturated carbocycles. The first-order chi connectivity index (χ1) is 10.1. The van der Waals surface area contributed by atoms with E-state index in [0.29, 0.717) is 0 Å². The molecule has 0 aliphatic carbocycles. The smallest absolute Gasteiger partial charge is 0.123 e. The van der Waals surface area contributed by atoms with Crippen LogP contribution in [0.1, 0.15) is 16.7 Å². The molecule has 3 heteroatoms. The van der Waals surface area contributed by atoms with Crippen molar-refractivity contribution >= 4 is 0 Å². The highest BCUT2D eigenvalue weighted by Gasteiger charge is 2.10. The van der Waals surface area contributed by atoms with Crippen LogP contribution in [-0.2, 0) is 6.54 Å². The number of methoxy groups -OCH3 is 2. The van der Waals surface area contributed by atoms with Crippen LogP contribution in [0.3, 0.4) is 0 Å². The van der Waals surface area contributed by atoms with E-state index in [9.17, 15) is 0 Å². The Labute approximate surface area is 126 Å². The quantitative estimate of drug-likeness (QED) is 0.908. The maximum absolute atomic E-state index is 5.42. The molecule has 0 atom stereocenters. The van der Waals surface area contributed by atoms with Gasteiger partial charge in [-0.3, -0.25) is 0 Å². The first kappa shape index (κ1) is 15.4. The van der Waals surface area contributed by atoms with Crippen molar-refractivity contribution in [3.8, 4) is 22.6 Å². The fourth-order valence-electron chi connectivity index (χ4n) is 2.60. The average Bonchev–Trinajstić information content (AvgIpc) is 2.49. The van der Waals surface area contributed by atoms with E-state index < -0.39 is 0 Å². The van der Waals surface area contributed by atoms with Crippen LogP contribution in [0.5, 0.6) is 11.5 Å². The molecule has 112 valence electrons. The van der Waals surface area contributed by atoms with Crippen LogP contribution >= 0.6 is 0 Å². The van der Waals surface area contributed by atoms with Crippen molar-refractivity contribution in [3.05, 3.63) is 47.0 Å². The Bertz CT molecular complexity index is 635. The molecule has 21 heavy (non-hydrogen) atoms. The van der Waals surface area contributed by atoms with Gasteiger partial charge in [-0.1, -0.05) is 6.07 Å². The van der Waals surface area contributed by atoms with E-state index in [0.717, 1.165) is 29.2 Å². The largest absolute Gasteiger partial charge is 0.496 e. The Hall–Kier alpha value is -2.00. The van der Waals surface area contributed by atoms with Gasteiger partial charge in [0.05, 0.1) is 14.2 Å². The number of rotatable bonds is 5. The van der Waals surface area contributed by atoms with Gasteiger partial charge in [-0.15, -0.1) is 0 Å². The molecule has 0 fully saturated rings. The van der Waals surface area contributed by atoms with Gasteiger partial charge in [0.15, 0.2) is 0 Å². The molecule has 0 unspecified atom stereocenters. The van der Waals surface area contributed by atoms with Crippen LogP contribution in [0.25, 0.3) is 11.1 Å². The molecule has 0 aliphatic heterocycles. The minimum Gasteiger partial charge on any atom is -0.496 e. The first-order valence-corrected chi connectivity index (χ1v) is 7.07. The summed E-state index contributed by atoms with van der Waals surface area (Å²) in [4.78, 5) is 0. The van der Waals surface area contributed by atoms with Gasteiger partial charge in [0.1, 0.15) is 11.5 Å². The van der Waals surface area contributed by atoms with E-state index >= 15 is 0 Å². The maximum atomic E-state index is 5.42. The summed E-state index contributed by atoms with van der Waals surface area (Å²) in [6, 6.07) is 10.6. The molecule has 2 rings (SSSR count). The van der Waals surface area contributed by atoms with Crippen molar-refractivity contribution in [3.63, 3.8) is 0 Å². The highest BCUT2D eigenvalue weighted by Crippen LogP contribution is 2.32. The molecule has 3 nitrogen and oxygen atoms in total. The molecule has 0 bridgehead atoms. The van der Waals surface area contributed by atoms with Crippen molar-refractivity contribution < 1.29 is 9.47 Å². The van der Waals surface area contributed by atoms with Gasteiger partial charge < -0.3 is 14.8 Å². The number of nitrogens with one attached hydrogen (secondary N) is 1. The third-order valence-electron chi connectivity index (χ3n) is 3.70.